The first-order chi connectivity index (χ1) is 11.7. The van der Waals surface area contributed by atoms with Gasteiger partial charge in [-0.15, -0.1) is 0 Å². The van der Waals surface area contributed by atoms with Crippen LogP contribution in [0, 0.1) is 0 Å². The molecule has 2 aromatic rings. The number of hydrogen-bond donors (Lipinski definition) is 1. The van der Waals surface area contributed by atoms with Crippen molar-refractivity contribution in [2.75, 3.05) is 27.5 Å². The maximum atomic E-state index is 10.3. The third-order valence-electron chi connectivity index (χ3n) is 4.18. The van der Waals surface area contributed by atoms with Crippen LogP contribution in [0.15, 0.2) is 42.5 Å². The van der Waals surface area contributed by atoms with E-state index in [1.807, 2.05) is 49.5 Å². The SMILES string of the molecule is COc1cc2c(cc1CN(C)CCC(O)c1ccccc1)OCO2. The molecular formula is C19H23NO4. The van der Waals surface area contributed by atoms with E-state index in [0.717, 1.165) is 34.9 Å². The van der Waals surface area contributed by atoms with E-state index < -0.39 is 6.10 Å². The van der Waals surface area contributed by atoms with Gasteiger partial charge < -0.3 is 24.2 Å². The standard InChI is InChI=1S/C19H23NO4/c1-20(9-8-16(21)14-6-4-3-5-7-14)12-15-10-18-19(24-13-23-18)11-17(15)22-2/h3-7,10-11,16,21H,8-9,12-13H2,1-2H3. The summed E-state index contributed by atoms with van der Waals surface area (Å²) >= 11 is 0. The van der Waals surface area contributed by atoms with Crippen LogP contribution in [0.2, 0.25) is 0 Å². The normalized spacial score (nSPS) is 14.0. The number of aliphatic hydroxyl groups excluding tert-OH is 1. The summed E-state index contributed by atoms with van der Waals surface area (Å²) in [5, 5.41) is 10.3. The highest BCUT2D eigenvalue weighted by molar-refractivity contribution is 5.51. The van der Waals surface area contributed by atoms with Gasteiger partial charge in [-0.2, -0.15) is 0 Å². The van der Waals surface area contributed by atoms with Crippen LogP contribution < -0.4 is 14.2 Å². The Morgan fingerprint density at radius 1 is 1.17 bits per heavy atom. The van der Waals surface area contributed by atoms with Gasteiger partial charge in [0, 0.05) is 24.7 Å². The Morgan fingerprint density at radius 3 is 2.58 bits per heavy atom. The third kappa shape index (κ3) is 3.80. The topological polar surface area (TPSA) is 51.2 Å². The average Bonchev–Trinajstić information content (AvgIpc) is 3.07. The Bertz CT molecular complexity index is 675. The van der Waals surface area contributed by atoms with E-state index >= 15 is 0 Å². The number of fused-ring (bicyclic) bond motifs is 1. The smallest absolute Gasteiger partial charge is 0.231 e. The highest BCUT2D eigenvalue weighted by Gasteiger charge is 2.18. The van der Waals surface area contributed by atoms with Crippen LogP contribution in [0.1, 0.15) is 23.7 Å². The van der Waals surface area contributed by atoms with Gasteiger partial charge in [-0.05, 0) is 25.1 Å². The van der Waals surface area contributed by atoms with E-state index in [1.54, 1.807) is 7.11 Å². The van der Waals surface area contributed by atoms with Gasteiger partial charge in [0.15, 0.2) is 11.5 Å². The molecule has 5 heteroatoms. The largest absolute Gasteiger partial charge is 0.496 e. The molecular weight excluding hydrogens is 306 g/mol. The first-order valence-electron chi connectivity index (χ1n) is 8.05. The summed E-state index contributed by atoms with van der Waals surface area (Å²) in [6.45, 7) is 1.73. The predicted octanol–water partition coefficient (Wildman–Crippen LogP) is 2.98. The molecule has 128 valence electrons. The lowest BCUT2D eigenvalue weighted by Crippen LogP contribution is -2.21. The number of hydrogen-bond acceptors (Lipinski definition) is 5. The summed E-state index contributed by atoms with van der Waals surface area (Å²) in [4.78, 5) is 2.16. The zero-order valence-corrected chi connectivity index (χ0v) is 14.1. The van der Waals surface area contributed by atoms with Crippen LogP contribution in [-0.4, -0.2) is 37.5 Å². The first kappa shape index (κ1) is 16.6. The third-order valence-corrected chi connectivity index (χ3v) is 4.18. The summed E-state index contributed by atoms with van der Waals surface area (Å²) in [5.41, 5.74) is 1.99. The molecule has 0 bridgehead atoms. The second-order valence-electron chi connectivity index (χ2n) is 5.97. The summed E-state index contributed by atoms with van der Waals surface area (Å²) in [5.74, 6) is 2.26. The van der Waals surface area contributed by atoms with E-state index in [0.29, 0.717) is 13.0 Å². The van der Waals surface area contributed by atoms with Gasteiger partial charge >= 0.3 is 0 Å². The average molecular weight is 329 g/mol. The monoisotopic (exact) mass is 329 g/mol. The molecule has 1 aliphatic heterocycles. The van der Waals surface area contributed by atoms with Crippen LogP contribution in [0.5, 0.6) is 17.2 Å². The van der Waals surface area contributed by atoms with Crippen molar-refractivity contribution in [3.8, 4) is 17.2 Å². The first-order valence-corrected chi connectivity index (χ1v) is 8.05. The molecule has 24 heavy (non-hydrogen) atoms. The molecule has 0 amide bonds. The lowest BCUT2D eigenvalue weighted by Gasteiger charge is -2.20. The number of nitrogens with zero attached hydrogens (tertiary/aromatic N) is 1. The van der Waals surface area contributed by atoms with Gasteiger partial charge in [-0.1, -0.05) is 30.3 Å². The summed E-state index contributed by atoms with van der Waals surface area (Å²) in [7, 11) is 3.68. The van der Waals surface area contributed by atoms with Crippen LogP contribution in [0.3, 0.4) is 0 Å². The highest BCUT2D eigenvalue weighted by atomic mass is 16.7. The second kappa shape index (κ2) is 7.55. The van der Waals surface area contributed by atoms with Crippen molar-refractivity contribution in [2.45, 2.75) is 19.1 Å². The molecule has 0 saturated heterocycles. The molecule has 0 radical (unpaired) electrons. The minimum Gasteiger partial charge on any atom is -0.496 e. The van der Waals surface area contributed by atoms with Crippen molar-refractivity contribution in [3.63, 3.8) is 0 Å². The van der Waals surface area contributed by atoms with Gasteiger partial charge in [-0.3, -0.25) is 0 Å². The zero-order chi connectivity index (χ0) is 16.9. The molecule has 1 heterocycles. The highest BCUT2D eigenvalue weighted by Crippen LogP contribution is 2.38. The van der Waals surface area contributed by atoms with Crippen molar-refractivity contribution in [2.24, 2.45) is 0 Å². The Labute approximate surface area is 142 Å². The Kier molecular flexibility index (Phi) is 5.23. The number of ether oxygens (including phenoxy) is 3. The van der Waals surface area contributed by atoms with Gasteiger partial charge in [0.05, 0.1) is 13.2 Å². The second-order valence-corrected chi connectivity index (χ2v) is 5.97. The van der Waals surface area contributed by atoms with Crippen molar-refractivity contribution >= 4 is 0 Å². The Balaban J connectivity index is 1.60. The number of rotatable bonds is 7. The van der Waals surface area contributed by atoms with Crippen LogP contribution in [0.4, 0.5) is 0 Å². The van der Waals surface area contributed by atoms with Crippen LogP contribution >= 0.6 is 0 Å². The van der Waals surface area contributed by atoms with E-state index in [9.17, 15) is 5.11 Å². The molecule has 2 aromatic carbocycles. The van der Waals surface area contributed by atoms with Gasteiger partial charge in [0.25, 0.3) is 0 Å². The zero-order valence-electron chi connectivity index (χ0n) is 14.1. The van der Waals surface area contributed by atoms with E-state index in [2.05, 4.69) is 4.90 Å². The van der Waals surface area contributed by atoms with Gasteiger partial charge in [-0.25, -0.2) is 0 Å². The fourth-order valence-electron chi connectivity index (χ4n) is 2.83. The molecule has 3 rings (SSSR count). The number of methoxy groups -OCH3 is 1. The van der Waals surface area contributed by atoms with Gasteiger partial charge in [0.1, 0.15) is 5.75 Å². The summed E-state index contributed by atoms with van der Waals surface area (Å²) in [6, 6.07) is 13.6. The molecule has 0 spiro atoms. The van der Waals surface area contributed by atoms with Crippen LogP contribution in [0.25, 0.3) is 0 Å². The quantitative estimate of drug-likeness (QED) is 0.846. The van der Waals surface area contributed by atoms with Crippen molar-refractivity contribution in [1.29, 1.82) is 0 Å². The van der Waals surface area contributed by atoms with Crippen molar-refractivity contribution in [1.82, 2.24) is 4.90 Å². The molecule has 0 aromatic heterocycles. The lowest BCUT2D eigenvalue weighted by molar-refractivity contribution is 0.147. The molecule has 1 unspecified atom stereocenters. The van der Waals surface area contributed by atoms with Crippen molar-refractivity contribution < 1.29 is 19.3 Å². The molecule has 5 nitrogen and oxygen atoms in total. The number of aliphatic hydroxyl groups is 1. The fourth-order valence-corrected chi connectivity index (χ4v) is 2.83. The van der Waals surface area contributed by atoms with Crippen molar-refractivity contribution in [3.05, 3.63) is 53.6 Å². The minimum atomic E-state index is -0.452. The van der Waals surface area contributed by atoms with Gasteiger partial charge in [0.2, 0.25) is 6.79 Å². The summed E-state index contributed by atoms with van der Waals surface area (Å²) in [6.07, 6.45) is 0.222. The van der Waals surface area contributed by atoms with E-state index in [4.69, 9.17) is 14.2 Å². The summed E-state index contributed by atoms with van der Waals surface area (Å²) < 4.78 is 16.3. The Hall–Kier alpha value is -2.24. The molecule has 1 aliphatic rings. The minimum absolute atomic E-state index is 0.251. The molecule has 0 saturated carbocycles. The van der Waals surface area contributed by atoms with E-state index in [1.165, 1.54) is 0 Å². The maximum absolute atomic E-state index is 10.3. The predicted molar refractivity (Wildman–Crippen MR) is 91.5 cm³/mol. The molecule has 0 fully saturated rings. The molecule has 1 atom stereocenters. The van der Waals surface area contributed by atoms with Crippen LogP contribution in [-0.2, 0) is 6.54 Å². The van der Waals surface area contributed by atoms with E-state index in [-0.39, 0.29) is 6.79 Å². The molecule has 0 aliphatic carbocycles. The maximum Gasteiger partial charge on any atom is 0.231 e. The number of benzene rings is 2. The molecule has 1 N–H and O–H groups in total. The Morgan fingerprint density at radius 2 is 1.88 bits per heavy atom. The fraction of sp³-hybridized carbons (Fsp3) is 0.368. The lowest BCUT2D eigenvalue weighted by atomic mass is 10.1.